The molecular weight excluding hydrogens is 429 g/mol. The van der Waals surface area contributed by atoms with Crippen LogP contribution < -0.4 is 20.5 Å². The predicted octanol–water partition coefficient (Wildman–Crippen LogP) is 0.207. The lowest BCUT2D eigenvalue weighted by Gasteiger charge is -2.24. The van der Waals surface area contributed by atoms with Crippen LogP contribution in [-0.4, -0.2) is 86.4 Å². The first-order chi connectivity index (χ1) is 14.9. The van der Waals surface area contributed by atoms with Crippen LogP contribution in [-0.2, 0) is 14.3 Å². The Morgan fingerprint density at radius 3 is 2.94 bits per heavy atom. The van der Waals surface area contributed by atoms with Gasteiger partial charge < -0.3 is 24.8 Å². The summed E-state index contributed by atoms with van der Waals surface area (Å²) in [6, 6.07) is 4.59. The largest absolute Gasteiger partial charge is 0.474 e. The van der Waals surface area contributed by atoms with Gasteiger partial charge >= 0.3 is 6.09 Å². The zero-order valence-electron chi connectivity index (χ0n) is 17.2. The van der Waals surface area contributed by atoms with Crippen LogP contribution in [0.2, 0.25) is 0 Å². The lowest BCUT2D eigenvalue weighted by atomic mass is 10.2. The molecule has 10 nitrogen and oxygen atoms in total. The molecule has 0 bridgehead atoms. The molecule has 0 aliphatic carbocycles. The number of amides is 2. The van der Waals surface area contributed by atoms with Crippen LogP contribution in [0.15, 0.2) is 18.2 Å². The van der Waals surface area contributed by atoms with Crippen LogP contribution in [0, 0.1) is 5.82 Å². The summed E-state index contributed by atoms with van der Waals surface area (Å²) in [6.07, 6.45) is -0.961. The van der Waals surface area contributed by atoms with Crippen molar-refractivity contribution in [2.45, 2.75) is 12.5 Å². The van der Waals surface area contributed by atoms with Crippen molar-refractivity contribution in [1.29, 1.82) is 0 Å². The Bertz CT molecular complexity index is 829. The highest BCUT2D eigenvalue weighted by molar-refractivity contribution is 7.80. The minimum absolute atomic E-state index is 0.0375. The van der Waals surface area contributed by atoms with Gasteiger partial charge in [-0.15, -0.1) is 0 Å². The Morgan fingerprint density at radius 1 is 1.42 bits per heavy atom. The van der Waals surface area contributed by atoms with Crippen molar-refractivity contribution in [3.05, 3.63) is 24.0 Å². The molecule has 2 aliphatic heterocycles. The molecule has 1 atom stereocenters. The molecule has 170 valence electrons. The van der Waals surface area contributed by atoms with Gasteiger partial charge in [0.1, 0.15) is 11.9 Å². The first-order valence-corrected chi connectivity index (χ1v) is 10.3. The molecule has 1 aromatic rings. The number of thiocarbonyl (C=S) groups is 1. The third-order valence-corrected chi connectivity index (χ3v) is 5.33. The van der Waals surface area contributed by atoms with Gasteiger partial charge in [-0.05, 0) is 30.4 Å². The second kappa shape index (κ2) is 10.6. The standard InChI is InChI=1S/C19H26FN5O5S/c1-29-18(31)21-11-14-12-24(19(28)30-14)13-2-3-16(15(20)10-13)23-6-5-22-25(8-7-23)17(27)4-9-26/h2-3,10,14,22,26H,4-9,11-12H2,1H3,(H,21,31)/t14-/m0/s1. The molecule has 0 saturated carbocycles. The molecule has 12 heteroatoms. The van der Waals surface area contributed by atoms with Crippen LogP contribution >= 0.6 is 12.2 Å². The third-order valence-electron chi connectivity index (χ3n) is 5.02. The molecule has 0 aromatic heterocycles. The molecule has 1 aromatic carbocycles. The highest BCUT2D eigenvalue weighted by Crippen LogP contribution is 2.28. The lowest BCUT2D eigenvalue weighted by molar-refractivity contribution is -0.134. The summed E-state index contributed by atoms with van der Waals surface area (Å²) >= 11 is 4.90. The van der Waals surface area contributed by atoms with Crippen LogP contribution in [0.3, 0.4) is 0 Å². The van der Waals surface area contributed by atoms with Crippen molar-refractivity contribution in [2.24, 2.45) is 0 Å². The molecule has 0 unspecified atom stereocenters. The van der Waals surface area contributed by atoms with E-state index >= 15 is 0 Å². The topological polar surface area (TPSA) is 107 Å². The number of hydrogen-bond donors (Lipinski definition) is 3. The van der Waals surface area contributed by atoms with Gasteiger partial charge in [0.2, 0.25) is 5.91 Å². The van der Waals surface area contributed by atoms with Gasteiger partial charge in [0.25, 0.3) is 5.17 Å². The number of aliphatic hydroxyl groups is 1. The van der Waals surface area contributed by atoms with E-state index in [0.29, 0.717) is 44.1 Å². The van der Waals surface area contributed by atoms with Crippen molar-refractivity contribution in [3.63, 3.8) is 0 Å². The number of cyclic esters (lactones) is 1. The van der Waals surface area contributed by atoms with Crippen molar-refractivity contribution in [3.8, 4) is 0 Å². The molecule has 0 radical (unpaired) electrons. The molecule has 2 saturated heterocycles. The highest BCUT2D eigenvalue weighted by Gasteiger charge is 2.33. The number of nitrogens with one attached hydrogen (secondary N) is 2. The lowest BCUT2D eigenvalue weighted by Crippen LogP contribution is -2.43. The van der Waals surface area contributed by atoms with Crippen molar-refractivity contribution in [1.82, 2.24) is 15.8 Å². The molecule has 2 amide bonds. The maximum Gasteiger partial charge on any atom is 0.414 e. The fourth-order valence-electron chi connectivity index (χ4n) is 3.44. The Kier molecular flexibility index (Phi) is 7.82. The van der Waals surface area contributed by atoms with E-state index in [-0.39, 0.29) is 30.7 Å². The van der Waals surface area contributed by atoms with E-state index in [1.54, 1.807) is 12.1 Å². The summed E-state index contributed by atoms with van der Waals surface area (Å²) in [5, 5.41) is 13.4. The van der Waals surface area contributed by atoms with Gasteiger partial charge in [-0.25, -0.2) is 14.6 Å². The summed E-state index contributed by atoms with van der Waals surface area (Å²) in [6.45, 7) is 2.07. The Hall–Kier alpha value is -2.70. The Morgan fingerprint density at radius 2 is 2.23 bits per heavy atom. The smallest absolute Gasteiger partial charge is 0.414 e. The summed E-state index contributed by atoms with van der Waals surface area (Å²) in [4.78, 5) is 27.4. The van der Waals surface area contributed by atoms with E-state index in [1.807, 2.05) is 4.90 Å². The normalized spacial score (nSPS) is 19.1. The number of hydrazine groups is 1. The number of carbonyl (C=O) groups excluding carboxylic acids is 2. The van der Waals surface area contributed by atoms with Gasteiger partial charge in [-0.3, -0.25) is 14.7 Å². The first-order valence-electron chi connectivity index (χ1n) is 9.92. The number of rotatable bonds is 6. The molecule has 3 N–H and O–H groups in total. The Labute approximate surface area is 184 Å². The maximum atomic E-state index is 14.9. The summed E-state index contributed by atoms with van der Waals surface area (Å²) in [5.74, 6) is -0.675. The van der Waals surface area contributed by atoms with E-state index in [1.165, 1.54) is 23.1 Å². The van der Waals surface area contributed by atoms with E-state index in [0.717, 1.165) is 0 Å². The Balaban J connectivity index is 1.63. The second-order valence-corrected chi connectivity index (χ2v) is 7.41. The maximum absolute atomic E-state index is 14.9. The molecule has 2 heterocycles. The number of ether oxygens (including phenoxy) is 2. The summed E-state index contributed by atoms with van der Waals surface area (Å²) in [7, 11) is 1.44. The molecule has 31 heavy (non-hydrogen) atoms. The summed E-state index contributed by atoms with van der Waals surface area (Å²) in [5.41, 5.74) is 3.78. The molecule has 0 spiro atoms. The fraction of sp³-hybridized carbons (Fsp3) is 0.526. The van der Waals surface area contributed by atoms with Crippen molar-refractivity contribution in [2.75, 3.05) is 62.8 Å². The minimum atomic E-state index is -0.556. The monoisotopic (exact) mass is 455 g/mol. The van der Waals surface area contributed by atoms with Gasteiger partial charge in [0.05, 0.1) is 51.1 Å². The van der Waals surface area contributed by atoms with Crippen molar-refractivity contribution >= 4 is 40.8 Å². The van der Waals surface area contributed by atoms with Gasteiger partial charge in [-0.1, -0.05) is 0 Å². The zero-order valence-corrected chi connectivity index (χ0v) is 18.0. The van der Waals surface area contributed by atoms with Crippen LogP contribution in [0.4, 0.5) is 20.6 Å². The number of benzene rings is 1. The zero-order chi connectivity index (χ0) is 22.4. The summed E-state index contributed by atoms with van der Waals surface area (Å²) < 4.78 is 25.1. The number of methoxy groups -OCH3 is 1. The van der Waals surface area contributed by atoms with E-state index in [2.05, 4.69) is 10.7 Å². The SMILES string of the molecule is COC(=S)NC[C@H]1CN(c2ccc(N3CCNN(C(=O)CCO)CC3)c(F)c2)C(=O)O1. The van der Waals surface area contributed by atoms with E-state index in [9.17, 15) is 14.0 Å². The molecule has 2 aliphatic rings. The second-order valence-electron chi connectivity index (χ2n) is 7.04. The fourth-order valence-corrected chi connectivity index (χ4v) is 3.53. The number of nitrogens with zero attached hydrogens (tertiary/aromatic N) is 3. The molecular formula is C19H26FN5O5S. The third kappa shape index (κ3) is 5.71. The number of aliphatic hydroxyl groups excluding tert-OH is 1. The molecule has 3 rings (SSSR count). The van der Waals surface area contributed by atoms with E-state index in [4.69, 9.17) is 26.8 Å². The number of anilines is 2. The number of halogens is 1. The molecule has 2 fully saturated rings. The average molecular weight is 456 g/mol. The van der Waals surface area contributed by atoms with Crippen LogP contribution in [0.1, 0.15) is 6.42 Å². The first kappa shape index (κ1) is 23.0. The van der Waals surface area contributed by atoms with E-state index < -0.39 is 18.0 Å². The van der Waals surface area contributed by atoms with Crippen molar-refractivity contribution < 1.29 is 28.6 Å². The minimum Gasteiger partial charge on any atom is -0.474 e. The average Bonchev–Trinajstić information content (AvgIpc) is 2.96. The number of hydrogen-bond acceptors (Lipinski definition) is 8. The van der Waals surface area contributed by atoms with Crippen LogP contribution in [0.5, 0.6) is 0 Å². The van der Waals surface area contributed by atoms with Gasteiger partial charge in [0.15, 0.2) is 0 Å². The van der Waals surface area contributed by atoms with Crippen LogP contribution in [0.25, 0.3) is 0 Å². The van der Waals surface area contributed by atoms with Gasteiger partial charge in [0, 0.05) is 19.6 Å². The quantitative estimate of drug-likeness (QED) is 0.519. The van der Waals surface area contributed by atoms with Gasteiger partial charge in [-0.2, -0.15) is 0 Å². The predicted molar refractivity (Wildman–Crippen MR) is 115 cm³/mol. The number of carbonyl (C=O) groups is 2. The highest BCUT2D eigenvalue weighted by atomic mass is 32.1.